The third-order valence-electron chi connectivity index (χ3n) is 5.12. The fourth-order valence-electron chi connectivity index (χ4n) is 2.90. The van der Waals surface area contributed by atoms with E-state index in [-0.39, 0.29) is 17.1 Å². The average molecular weight is 376 g/mol. The highest BCUT2D eigenvalue weighted by Crippen LogP contribution is 2.50. The molecule has 0 aromatic carbocycles. The summed E-state index contributed by atoms with van der Waals surface area (Å²) in [6.07, 6.45) is 3.53. The fraction of sp³-hybridized carbons (Fsp3) is 0.875. The van der Waals surface area contributed by atoms with Crippen LogP contribution in [0.5, 0.6) is 0 Å². The Bertz CT molecular complexity index is 468. The molecule has 3 atom stereocenters. The SMILES string of the molecule is B[C@@H]1O[C@H](/C=C/P(=O)(OCC)OCC)C[C@@H]1CC(C)(C)[Si](C)(C)O. The van der Waals surface area contributed by atoms with Crippen LogP contribution in [0.4, 0.5) is 0 Å². The summed E-state index contributed by atoms with van der Waals surface area (Å²) in [5, 5.41) is -0.0696. The second-order valence-corrected chi connectivity index (χ2v) is 14.1. The molecule has 1 fully saturated rings. The van der Waals surface area contributed by atoms with Crippen LogP contribution >= 0.6 is 7.60 Å². The monoisotopic (exact) mass is 376 g/mol. The van der Waals surface area contributed by atoms with Gasteiger partial charge in [-0.2, -0.15) is 0 Å². The van der Waals surface area contributed by atoms with Crippen LogP contribution in [-0.4, -0.2) is 46.3 Å². The second kappa shape index (κ2) is 8.65. The topological polar surface area (TPSA) is 65.0 Å². The normalized spacial score (nSPS) is 26.4. The summed E-state index contributed by atoms with van der Waals surface area (Å²) in [7, 11) is -3.33. The molecule has 0 unspecified atom stereocenters. The summed E-state index contributed by atoms with van der Waals surface area (Å²) in [6.45, 7) is 12.6. The Balaban J connectivity index is 2.72. The van der Waals surface area contributed by atoms with Crippen LogP contribution in [0.3, 0.4) is 0 Å². The maximum absolute atomic E-state index is 12.5. The molecule has 24 heavy (non-hydrogen) atoms. The molecular formula is C16H34BO5PSi. The van der Waals surface area contributed by atoms with Crippen molar-refractivity contribution in [3.05, 3.63) is 11.9 Å². The van der Waals surface area contributed by atoms with Crippen molar-refractivity contribution >= 4 is 23.8 Å². The van der Waals surface area contributed by atoms with Crippen LogP contribution in [0.2, 0.25) is 18.1 Å². The van der Waals surface area contributed by atoms with E-state index in [0.29, 0.717) is 19.1 Å². The van der Waals surface area contributed by atoms with Crippen molar-refractivity contribution in [3.8, 4) is 0 Å². The first-order chi connectivity index (χ1) is 10.9. The number of rotatable bonds is 9. The first kappa shape index (κ1) is 22.1. The molecule has 1 heterocycles. The molecule has 8 heteroatoms. The van der Waals surface area contributed by atoms with Gasteiger partial charge in [-0.05, 0) is 56.8 Å². The van der Waals surface area contributed by atoms with Gasteiger partial charge in [0.15, 0.2) is 8.32 Å². The Hall–Kier alpha value is 0.0918. The third-order valence-corrected chi connectivity index (χ3v) is 10.4. The Labute approximate surface area is 149 Å². The molecule has 140 valence electrons. The van der Waals surface area contributed by atoms with Crippen LogP contribution in [0.1, 0.15) is 40.5 Å². The van der Waals surface area contributed by atoms with E-state index in [4.69, 9.17) is 13.8 Å². The zero-order chi connectivity index (χ0) is 18.6. The first-order valence-electron chi connectivity index (χ1n) is 8.90. The highest BCUT2D eigenvalue weighted by Gasteiger charge is 2.43. The van der Waals surface area contributed by atoms with Crippen LogP contribution in [0.15, 0.2) is 11.9 Å². The van der Waals surface area contributed by atoms with E-state index in [1.807, 2.05) is 19.2 Å². The molecule has 0 saturated carbocycles. The Morgan fingerprint density at radius 1 is 1.33 bits per heavy atom. The van der Waals surface area contributed by atoms with Crippen molar-refractivity contribution in [2.75, 3.05) is 13.2 Å². The van der Waals surface area contributed by atoms with Gasteiger partial charge in [0.25, 0.3) is 0 Å². The summed E-state index contributed by atoms with van der Waals surface area (Å²) in [6, 6.07) is 0.119. The molecule has 0 spiro atoms. The summed E-state index contributed by atoms with van der Waals surface area (Å²) in [5.41, 5.74) is 0. The van der Waals surface area contributed by atoms with Gasteiger partial charge in [0, 0.05) is 11.8 Å². The zero-order valence-corrected chi connectivity index (χ0v) is 18.1. The molecule has 0 aromatic heterocycles. The Morgan fingerprint density at radius 3 is 2.33 bits per heavy atom. The number of ether oxygens (including phenoxy) is 1. The lowest BCUT2D eigenvalue weighted by atomic mass is 9.81. The van der Waals surface area contributed by atoms with E-state index in [0.717, 1.165) is 12.8 Å². The molecule has 0 aliphatic carbocycles. The predicted octanol–water partition coefficient (Wildman–Crippen LogP) is 3.50. The molecule has 0 radical (unpaired) electrons. The van der Waals surface area contributed by atoms with Crippen molar-refractivity contribution in [2.24, 2.45) is 5.92 Å². The molecule has 1 N–H and O–H groups in total. The van der Waals surface area contributed by atoms with Crippen molar-refractivity contribution in [3.63, 3.8) is 0 Å². The smallest absolute Gasteiger partial charge is 0.353 e. The molecule has 5 nitrogen and oxygen atoms in total. The molecule has 1 aliphatic heterocycles. The van der Waals surface area contributed by atoms with Gasteiger partial charge in [0.05, 0.1) is 19.3 Å². The largest absolute Gasteiger partial charge is 0.432 e. The Morgan fingerprint density at radius 2 is 1.88 bits per heavy atom. The number of hydrogen-bond donors (Lipinski definition) is 1. The maximum Gasteiger partial charge on any atom is 0.353 e. The van der Waals surface area contributed by atoms with Gasteiger partial charge in [-0.3, -0.25) is 4.57 Å². The summed E-state index contributed by atoms with van der Waals surface area (Å²) < 4.78 is 29.0. The van der Waals surface area contributed by atoms with Crippen LogP contribution in [-0.2, 0) is 18.3 Å². The fourth-order valence-corrected chi connectivity index (χ4v) is 5.03. The van der Waals surface area contributed by atoms with Crippen molar-refractivity contribution < 1.29 is 23.1 Å². The quantitative estimate of drug-likeness (QED) is 0.493. The zero-order valence-electron chi connectivity index (χ0n) is 16.2. The van der Waals surface area contributed by atoms with Gasteiger partial charge in [-0.1, -0.05) is 13.8 Å². The minimum absolute atomic E-state index is 0.0696. The summed E-state index contributed by atoms with van der Waals surface area (Å²) >= 11 is 0. The van der Waals surface area contributed by atoms with Crippen molar-refractivity contribution in [1.82, 2.24) is 0 Å². The van der Waals surface area contributed by atoms with Crippen LogP contribution in [0, 0.1) is 5.92 Å². The molecule has 1 saturated heterocycles. The highest BCUT2D eigenvalue weighted by atomic mass is 31.2. The molecular weight excluding hydrogens is 342 g/mol. The Kier molecular flexibility index (Phi) is 7.98. The lowest BCUT2D eigenvalue weighted by molar-refractivity contribution is 0.107. The van der Waals surface area contributed by atoms with Gasteiger partial charge in [0.1, 0.15) is 7.85 Å². The van der Waals surface area contributed by atoms with Crippen LogP contribution < -0.4 is 0 Å². The average Bonchev–Trinajstić information content (AvgIpc) is 2.76. The maximum atomic E-state index is 12.5. The molecule has 0 amide bonds. The van der Waals surface area contributed by atoms with Gasteiger partial charge in [0.2, 0.25) is 0 Å². The lowest BCUT2D eigenvalue weighted by Gasteiger charge is -2.37. The van der Waals surface area contributed by atoms with Gasteiger partial charge in [-0.15, -0.1) is 0 Å². The summed E-state index contributed by atoms with van der Waals surface area (Å²) in [4.78, 5) is 10.5. The van der Waals surface area contributed by atoms with Gasteiger partial charge < -0.3 is 18.6 Å². The third kappa shape index (κ3) is 6.11. The molecule has 0 bridgehead atoms. The highest BCUT2D eigenvalue weighted by molar-refractivity contribution is 7.57. The first-order valence-corrected chi connectivity index (χ1v) is 13.5. The van der Waals surface area contributed by atoms with E-state index in [1.165, 1.54) is 5.82 Å². The van der Waals surface area contributed by atoms with E-state index in [1.54, 1.807) is 13.8 Å². The lowest BCUT2D eigenvalue weighted by Crippen LogP contribution is -2.41. The molecule has 1 aliphatic rings. The van der Waals surface area contributed by atoms with Gasteiger partial charge in [-0.25, -0.2) is 0 Å². The predicted molar refractivity (Wildman–Crippen MR) is 104 cm³/mol. The van der Waals surface area contributed by atoms with Crippen molar-refractivity contribution in [1.29, 1.82) is 0 Å². The molecule has 0 aromatic rings. The number of hydrogen-bond acceptors (Lipinski definition) is 5. The second-order valence-electron chi connectivity index (χ2n) is 7.74. The van der Waals surface area contributed by atoms with Gasteiger partial charge >= 0.3 is 7.60 Å². The minimum Gasteiger partial charge on any atom is -0.432 e. The van der Waals surface area contributed by atoms with Crippen molar-refractivity contribution in [2.45, 2.75) is 70.8 Å². The van der Waals surface area contributed by atoms with E-state index < -0.39 is 15.9 Å². The van der Waals surface area contributed by atoms with E-state index in [9.17, 15) is 9.36 Å². The van der Waals surface area contributed by atoms with Crippen LogP contribution in [0.25, 0.3) is 0 Å². The summed E-state index contributed by atoms with van der Waals surface area (Å²) in [5.74, 6) is 1.92. The van der Waals surface area contributed by atoms with E-state index in [2.05, 4.69) is 21.7 Å². The standard InChI is InChI=1S/C16H34BO5PSi/c1-7-20-23(18,21-8-2)10-9-14-11-13(15(17)22-14)12-16(3,4)24(5,6)19/h9-10,13-15,19H,7-8,11-12,17H2,1-6H3/b10-9+/t13-,14-,15-/m1/s1. The minimum atomic E-state index is -3.17. The molecule has 1 rings (SSSR count). The van der Waals surface area contributed by atoms with E-state index >= 15 is 0 Å².